The van der Waals surface area contributed by atoms with Gasteiger partial charge in [0.1, 0.15) is 17.2 Å². The lowest BCUT2D eigenvalue weighted by atomic mass is 9.71. The Balaban J connectivity index is 2.39. The topological polar surface area (TPSA) is 60.7 Å². The van der Waals surface area contributed by atoms with Crippen molar-refractivity contribution in [2.75, 3.05) is 0 Å². The minimum atomic E-state index is -0.547. The summed E-state index contributed by atoms with van der Waals surface area (Å²) >= 11 is 10.7. The number of phenolic OH excluding ortho intramolecular Hbond substituents is 3. The Kier molecular flexibility index (Phi) is 7.56. The molecule has 3 nitrogen and oxygen atoms in total. The van der Waals surface area contributed by atoms with Crippen LogP contribution in [0.2, 0.25) is 0 Å². The second-order valence-electron chi connectivity index (χ2n) is 6.37. The van der Waals surface area contributed by atoms with Gasteiger partial charge in [-0.25, -0.2) is 0 Å². The van der Waals surface area contributed by atoms with Gasteiger partial charge in [-0.05, 0) is 173 Å². The SMILES string of the molecule is CC(c1ccc(O)c(I)c1)(c1cc(I)c(O)c(I)c1)c1cc(I)c(O)c(I)c1. The maximum absolute atomic E-state index is 10.3. The fourth-order valence-corrected chi connectivity index (χ4v) is 7.08. The molecule has 0 bridgehead atoms. The zero-order valence-corrected chi connectivity index (χ0v) is 25.1. The quantitative estimate of drug-likeness (QED) is 0.193. The predicted molar refractivity (Wildman–Crippen MR) is 153 cm³/mol. The van der Waals surface area contributed by atoms with Crippen molar-refractivity contribution in [2.24, 2.45) is 0 Å². The number of rotatable bonds is 3. The average molecular weight is 936 g/mol. The van der Waals surface area contributed by atoms with E-state index in [1.54, 1.807) is 6.07 Å². The van der Waals surface area contributed by atoms with E-state index >= 15 is 0 Å². The third kappa shape index (κ3) is 4.35. The van der Waals surface area contributed by atoms with Crippen LogP contribution >= 0.6 is 113 Å². The lowest BCUT2D eigenvalue weighted by Crippen LogP contribution is -2.26. The molecule has 0 radical (unpaired) electrons. The summed E-state index contributed by atoms with van der Waals surface area (Å²) in [5, 5.41) is 30.5. The fraction of sp³-hybridized carbons (Fsp3) is 0.100. The first-order chi connectivity index (χ1) is 13.1. The number of aromatic hydroxyl groups is 3. The molecule has 3 N–H and O–H groups in total. The van der Waals surface area contributed by atoms with Crippen molar-refractivity contribution in [3.8, 4) is 17.2 Å². The van der Waals surface area contributed by atoms with E-state index in [0.717, 1.165) is 34.5 Å². The van der Waals surface area contributed by atoms with Crippen LogP contribution in [0.5, 0.6) is 17.2 Å². The van der Waals surface area contributed by atoms with Gasteiger partial charge in [-0.1, -0.05) is 6.07 Å². The second kappa shape index (κ2) is 9.06. The molecule has 146 valence electrons. The minimum Gasteiger partial charge on any atom is -0.507 e. The summed E-state index contributed by atoms with van der Waals surface area (Å²) in [6.07, 6.45) is 0. The molecular weight excluding hydrogens is 923 g/mol. The Morgan fingerprint density at radius 1 is 0.571 bits per heavy atom. The van der Waals surface area contributed by atoms with E-state index in [2.05, 4.69) is 120 Å². The maximum atomic E-state index is 10.3. The van der Waals surface area contributed by atoms with E-state index in [-0.39, 0.29) is 17.2 Å². The highest BCUT2D eigenvalue weighted by Crippen LogP contribution is 2.44. The van der Waals surface area contributed by atoms with Crippen molar-refractivity contribution >= 4 is 113 Å². The van der Waals surface area contributed by atoms with Crippen molar-refractivity contribution in [3.63, 3.8) is 0 Å². The molecule has 0 heterocycles. The zero-order valence-electron chi connectivity index (χ0n) is 14.3. The first-order valence-electron chi connectivity index (χ1n) is 7.91. The Morgan fingerprint density at radius 2 is 0.929 bits per heavy atom. The van der Waals surface area contributed by atoms with Crippen molar-refractivity contribution in [2.45, 2.75) is 12.3 Å². The molecule has 28 heavy (non-hydrogen) atoms. The molecular formula is C20H13I5O3. The van der Waals surface area contributed by atoms with Gasteiger partial charge in [0.25, 0.3) is 0 Å². The third-order valence-corrected chi connectivity index (χ3v) is 8.87. The van der Waals surface area contributed by atoms with E-state index in [1.807, 2.05) is 36.4 Å². The summed E-state index contributed by atoms with van der Waals surface area (Å²) in [7, 11) is 0. The van der Waals surface area contributed by atoms with Crippen LogP contribution in [0.15, 0.2) is 42.5 Å². The van der Waals surface area contributed by atoms with Gasteiger partial charge in [0, 0.05) is 5.41 Å². The molecule has 3 aromatic carbocycles. The molecule has 0 fully saturated rings. The van der Waals surface area contributed by atoms with Crippen molar-refractivity contribution in [1.82, 2.24) is 0 Å². The van der Waals surface area contributed by atoms with E-state index in [0.29, 0.717) is 0 Å². The monoisotopic (exact) mass is 936 g/mol. The van der Waals surface area contributed by atoms with Gasteiger partial charge >= 0.3 is 0 Å². The molecule has 0 saturated carbocycles. The number of hydrogen-bond acceptors (Lipinski definition) is 3. The number of halogens is 5. The van der Waals surface area contributed by atoms with Crippen LogP contribution in [0.3, 0.4) is 0 Å². The standard InChI is InChI=1S/C20H13I5O3/c1-20(9-2-3-17(26)12(21)4-9,10-5-13(22)18(27)14(23)6-10)11-7-15(24)19(28)16(25)8-11/h2-8,26-28H,1H3. The van der Waals surface area contributed by atoms with Crippen LogP contribution in [-0.2, 0) is 5.41 Å². The molecule has 0 spiro atoms. The summed E-state index contributed by atoms with van der Waals surface area (Å²) in [6.45, 7) is 2.13. The van der Waals surface area contributed by atoms with Crippen LogP contribution in [0.4, 0.5) is 0 Å². The van der Waals surface area contributed by atoms with E-state index in [4.69, 9.17) is 0 Å². The van der Waals surface area contributed by atoms with Crippen LogP contribution in [0, 0.1) is 17.9 Å². The molecule has 8 heteroatoms. The molecule has 3 aromatic rings. The Morgan fingerprint density at radius 3 is 1.29 bits per heavy atom. The van der Waals surface area contributed by atoms with Crippen LogP contribution < -0.4 is 0 Å². The first kappa shape index (κ1) is 23.4. The Hall–Kier alpha value is 0.710. The van der Waals surface area contributed by atoms with Crippen LogP contribution in [0.1, 0.15) is 23.6 Å². The molecule has 0 aliphatic rings. The van der Waals surface area contributed by atoms with Crippen LogP contribution in [0.25, 0.3) is 0 Å². The highest BCUT2D eigenvalue weighted by atomic mass is 127. The van der Waals surface area contributed by atoms with Gasteiger partial charge in [0.15, 0.2) is 0 Å². The molecule has 0 atom stereocenters. The highest BCUT2D eigenvalue weighted by Gasteiger charge is 2.34. The van der Waals surface area contributed by atoms with Gasteiger partial charge in [0.2, 0.25) is 0 Å². The third-order valence-electron chi connectivity index (χ3n) is 4.71. The van der Waals surface area contributed by atoms with Crippen molar-refractivity contribution < 1.29 is 15.3 Å². The molecule has 0 aliphatic heterocycles. The molecule has 0 aromatic heterocycles. The van der Waals surface area contributed by atoms with E-state index < -0.39 is 5.41 Å². The molecule has 0 aliphatic carbocycles. The highest BCUT2D eigenvalue weighted by molar-refractivity contribution is 14.1. The van der Waals surface area contributed by atoms with E-state index in [9.17, 15) is 15.3 Å². The summed E-state index contributed by atoms with van der Waals surface area (Å²) < 4.78 is 3.89. The molecule has 0 amide bonds. The van der Waals surface area contributed by atoms with Gasteiger partial charge in [0.05, 0.1) is 17.9 Å². The predicted octanol–water partition coefficient (Wildman–Crippen LogP) is 7.18. The number of phenols is 3. The fourth-order valence-electron chi connectivity index (χ4n) is 3.03. The van der Waals surface area contributed by atoms with E-state index in [1.165, 1.54) is 0 Å². The number of benzene rings is 3. The minimum absolute atomic E-state index is 0.247. The molecule has 3 rings (SSSR count). The normalized spacial score (nSPS) is 11.6. The average Bonchev–Trinajstić information content (AvgIpc) is 2.64. The summed E-state index contributed by atoms with van der Waals surface area (Å²) in [4.78, 5) is 0. The smallest absolute Gasteiger partial charge is 0.142 e. The lowest BCUT2D eigenvalue weighted by molar-refractivity contribution is 0.466. The maximum Gasteiger partial charge on any atom is 0.142 e. The van der Waals surface area contributed by atoms with Gasteiger partial charge in [-0.3, -0.25) is 0 Å². The summed E-state index contributed by atoms with van der Waals surface area (Å²) in [5.41, 5.74) is 2.52. The van der Waals surface area contributed by atoms with Gasteiger partial charge in [-0.2, -0.15) is 0 Å². The molecule has 0 unspecified atom stereocenters. The lowest BCUT2D eigenvalue weighted by Gasteiger charge is -2.33. The van der Waals surface area contributed by atoms with Gasteiger partial charge < -0.3 is 15.3 Å². The van der Waals surface area contributed by atoms with Crippen LogP contribution in [-0.4, -0.2) is 15.3 Å². The Labute approximate surface area is 231 Å². The summed E-state index contributed by atoms with van der Waals surface area (Å²) in [6, 6.07) is 13.6. The first-order valence-corrected chi connectivity index (χ1v) is 13.3. The summed E-state index contributed by atoms with van der Waals surface area (Å²) in [5.74, 6) is 0.807. The second-order valence-corrected chi connectivity index (χ2v) is 12.2. The van der Waals surface area contributed by atoms with Gasteiger partial charge in [-0.15, -0.1) is 0 Å². The number of hydrogen-bond donors (Lipinski definition) is 3. The largest absolute Gasteiger partial charge is 0.507 e. The zero-order chi connectivity index (χ0) is 20.8. The van der Waals surface area contributed by atoms with Crippen molar-refractivity contribution in [1.29, 1.82) is 0 Å². The van der Waals surface area contributed by atoms with Crippen molar-refractivity contribution in [3.05, 3.63) is 77.0 Å². The Bertz CT molecular complexity index is 978. The molecule has 0 saturated heterocycles.